The van der Waals surface area contributed by atoms with Crippen molar-refractivity contribution in [1.82, 2.24) is 0 Å². The normalized spacial score (nSPS) is 13.5. The van der Waals surface area contributed by atoms with Crippen LogP contribution in [-0.2, 0) is 10.3 Å². The molecule has 0 amide bonds. The maximum absolute atomic E-state index is 13.8. The Morgan fingerprint density at radius 3 is 2.38 bits per heavy atom. The predicted molar refractivity (Wildman–Crippen MR) is 81.1 cm³/mol. The molecule has 0 saturated heterocycles. The maximum atomic E-state index is 13.8. The van der Waals surface area contributed by atoms with Gasteiger partial charge in [0.15, 0.2) is 5.54 Å². The van der Waals surface area contributed by atoms with Crippen molar-refractivity contribution in [3.63, 3.8) is 0 Å². The van der Waals surface area contributed by atoms with Crippen molar-refractivity contribution in [2.24, 2.45) is 0 Å². The average Bonchev–Trinajstić information content (AvgIpc) is 2.47. The van der Waals surface area contributed by atoms with Gasteiger partial charge in [-0.25, -0.2) is 9.18 Å². The van der Waals surface area contributed by atoms with E-state index in [4.69, 9.17) is 11.6 Å². The van der Waals surface area contributed by atoms with Gasteiger partial charge in [0.1, 0.15) is 5.82 Å². The molecule has 0 bridgehead atoms. The van der Waals surface area contributed by atoms with Crippen LogP contribution in [0.2, 0.25) is 5.02 Å². The molecular formula is C16H15ClFNO2. The summed E-state index contributed by atoms with van der Waals surface area (Å²) < 4.78 is 13.8. The molecule has 5 heteroatoms. The number of carbonyl (C=O) groups is 1. The third-order valence-corrected chi connectivity index (χ3v) is 3.71. The standard InChI is InChI=1S/C16H15ClFNO2/c1-2-16(15(20)21,11-7-9-12(17)10-8-11)19-14-6-4-3-5-13(14)18/h3-10,19H,2H2,1H3,(H,20,21). The van der Waals surface area contributed by atoms with Gasteiger partial charge in [0.05, 0.1) is 5.69 Å². The van der Waals surface area contributed by atoms with Crippen molar-refractivity contribution in [2.75, 3.05) is 5.32 Å². The molecule has 0 aliphatic heterocycles. The van der Waals surface area contributed by atoms with Gasteiger partial charge in [-0.2, -0.15) is 0 Å². The molecule has 0 saturated carbocycles. The first-order valence-corrected chi connectivity index (χ1v) is 6.89. The van der Waals surface area contributed by atoms with Crippen molar-refractivity contribution in [1.29, 1.82) is 0 Å². The van der Waals surface area contributed by atoms with Gasteiger partial charge in [0.2, 0.25) is 0 Å². The second kappa shape index (κ2) is 6.14. The Hall–Kier alpha value is -2.07. The van der Waals surface area contributed by atoms with Gasteiger partial charge in [-0.3, -0.25) is 0 Å². The van der Waals surface area contributed by atoms with Crippen LogP contribution in [0.4, 0.5) is 10.1 Å². The number of anilines is 1. The van der Waals surface area contributed by atoms with Crippen LogP contribution in [0.15, 0.2) is 48.5 Å². The van der Waals surface area contributed by atoms with Crippen LogP contribution in [0.3, 0.4) is 0 Å². The molecule has 2 rings (SSSR count). The van der Waals surface area contributed by atoms with Crippen LogP contribution in [-0.4, -0.2) is 11.1 Å². The third-order valence-electron chi connectivity index (χ3n) is 3.45. The van der Waals surface area contributed by atoms with E-state index in [9.17, 15) is 14.3 Å². The Kier molecular flexibility index (Phi) is 4.48. The number of benzene rings is 2. The Morgan fingerprint density at radius 1 is 1.24 bits per heavy atom. The minimum absolute atomic E-state index is 0.150. The predicted octanol–water partition coefficient (Wildman–Crippen LogP) is 4.28. The van der Waals surface area contributed by atoms with Crippen LogP contribution < -0.4 is 5.32 Å². The number of para-hydroxylation sites is 1. The summed E-state index contributed by atoms with van der Waals surface area (Å²) in [5.41, 5.74) is -0.742. The summed E-state index contributed by atoms with van der Waals surface area (Å²) in [4.78, 5) is 11.8. The number of halogens is 2. The molecule has 21 heavy (non-hydrogen) atoms. The zero-order valence-corrected chi connectivity index (χ0v) is 12.2. The summed E-state index contributed by atoms with van der Waals surface area (Å²) >= 11 is 5.84. The lowest BCUT2D eigenvalue weighted by Crippen LogP contribution is -2.43. The number of carboxylic acids is 1. The van der Waals surface area contributed by atoms with E-state index in [0.29, 0.717) is 10.6 Å². The molecule has 2 N–H and O–H groups in total. The van der Waals surface area contributed by atoms with E-state index in [0.717, 1.165) is 0 Å². The Balaban J connectivity index is 2.50. The number of carboxylic acid groups (broad SMARTS) is 1. The largest absolute Gasteiger partial charge is 0.479 e. The fourth-order valence-corrected chi connectivity index (χ4v) is 2.35. The minimum atomic E-state index is -1.41. The molecule has 0 aliphatic carbocycles. The quantitative estimate of drug-likeness (QED) is 0.866. The number of aliphatic carboxylic acids is 1. The average molecular weight is 308 g/mol. The van der Waals surface area contributed by atoms with E-state index in [1.165, 1.54) is 12.1 Å². The minimum Gasteiger partial charge on any atom is -0.479 e. The number of hydrogen-bond acceptors (Lipinski definition) is 2. The fraction of sp³-hybridized carbons (Fsp3) is 0.188. The first-order chi connectivity index (χ1) is 9.99. The lowest BCUT2D eigenvalue weighted by Gasteiger charge is -2.31. The first kappa shape index (κ1) is 15.3. The Morgan fingerprint density at radius 2 is 1.86 bits per heavy atom. The number of nitrogens with one attached hydrogen (secondary N) is 1. The second-order valence-corrected chi connectivity index (χ2v) is 5.11. The lowest BCUT2D eigenvalue weighted by atomic mass is 9.87. The molecule has 3 nitrogen and oxygen atoms in total. The van der Waals surface area contributed by atoms with Gasteiger partial charge >= 0.3 is 5.97 Å². The summed E-state index contributed by atoms with van der Waals surface area (Å²) in [6, 6.07) is 12.5. The monoisotopic (exact) mass is 307 g/mol. The second-order valence-electron chi connectivity index (χ2n) is 4.68. The maximum Gasteiger partial charge on any atom is 0.334 e. The topological polar surface area (TPSA) is 49.3 Å². The van der Waals surface area contributed by atoms with Gasteiger partial charge < -0.3 is 10.4 Å². The van der Waals surface area contributed by atoms with Crippen molar-refractivity contribution >= 4 is 23.3 Å². The molecule has 1 unspecified atom stereocenters. The van der Waals surface area contributed by atoms with Crippen LogP contribution in [0, 0.1) is 5.82 Å². The zero-order chi connectivity index (χ0) is 15.5. The molecule has 2 aromatic carbocycles. The van der Waals surface area contributed by atoms with E-state index in [-0.39, 0.29) is 12.1 Å². The highest BCUT2D eigenvalue weighted by Crippen LogP contribution is 2.32. The third kappa shape index (κ3) is 3.00. The number of rotatable bonds is 5. The molecule has 0 fully saturated rings. The van der Waals surface area contributed by atoms with Gasteiger partial charge in [-0.1, -0.05) is 42.8 Å². The summed E-state index contributed by atoms with van der Waals surface area (Å²) in [6.45, 7) is 1.73. The van der Waals surface area contributed by atoms with E-state index in [2.05, 4.69) is 5.32 Å². The summed E-state index contributed by atoms with van der Waals surface area (Å²) in [5.74, 6) is -1.57. The molecule has 0 radical (unpaired) electrons. The van der Waals surface area contributed by atoms with Crippen LogP contribution in [0.25, 0.3) is 0 Å². The van der Waals surface area contributed by atoms with Crippen molar-refractivity contribution in [2.45, 2.75) is 18.9 Å². The highest BCUT2D eigenvalue weighted by molar-refractivity contribution is 6.30. The van der Waals surface area contributed by atoms with Crippen molar-refractivity contribution < 1.29 is 14.3 Å². The highest BCUT2D eigenvalue weighted by Gasteiger charge is 2.39. The molecule has 0 aliphatic rings. The molecule has 0 aromatic heterocycles. The zero-order valence-electron chi connectivity index (χ0n) is 11.4. The molecule has 110 valence electrons. The van der Waals surface area contributed by atoms with Crippen LogP contribution >= 0.6 is 11.6 Å². The molecule has 1 atom stereocenters. The Bertz CT molecular complexity index is 645. The van der Waals surface area contributed by atoms with Crippen molar-refractivity contribution in [3.05, 3.63) is 64.9 Å². The van der Waals surface area contributed by atoms with Gasteiger partial charge in [0, 0.05) is 5.02 Å². The smallest absolute Gasteiger partial charge is 0.334 e. The van der Waals surface area contributed by atoms with Gasteiger partial charge in [0.25, 0.3) is 0 Å². The van der Waals surface area contributed by atoms with Gasteiger partial charge in [-0.05, 0) is 36.2 Å². The van der Waals surface area contributed by atoms with E-state index in [1.54, 1.807) is 43.3 Å². The van der Waals surface area contributed by atoms with E-state index in [1.807, 2.05) is 0 Å². The highest BCUT2D eigenvalue weighted by atomic mass is 35.5. The van der Waals surface area contributed by atoms with Crippen molar-refractivity contribution in [3.8, 4) is 0 Å². The molecule has 0 spiro atoms. The molecule has 2 aromatic rings. The Labute approximate surface area is 127 Å². The lowest BCUT2D eigenvalue weighted by molar-refractivity contribution is -0.142. The molecular weight excluding hydrogens is 293 g/mol. The van der Waals surface area contributed by atoms with E-state index >= 15 is 0 Å². The summed E-state index contributed by atoms with van der Waals surface area (Å²) in [6.07, 6.45) is 0.248. The number of hydrogen-bond donors (Lipinski definition) is 2. The first-order valence-electron chi connectivity index (χ1n) is 6.52. The van der Waals surface area contributed by atoms with Crippen LogP contribution in [0.5, 0.6) is 0 Å². The SMILES string of the molecule is CCC(Nc1ccccc1F)(C(=O)O)c1ccc(Cl)cc1. The van der Waals surface area contributed by atoms with Gasteiger partial charge in [-0.15, -0.1) is 0 Å². The fourth-order valence-electron chi connectivity index (χ4n) is 2.22. The van der Waals surface area contributed by atoms with Crippen LogP contribution in [0.1, 0.15) is 18.9 Å². The summed E-state index contributed by atoms with van der Waals surface area (Å²) in [5, 5.41) is 13.0. The molecule has 0 heterocycles. The van der Waals surface area contributed by atoms with E-state index < -0.39 is 17.3 Å². The summed E-state index contributed by atoms with van der Waals surface area (Å²) in [7, 11) is 0.